The van der Waals surface area contributed by atoms with E-state index in [0.29, 0.717) is 22.6 Å². The number of hydrogen-bond donors (Lipinski definition) is 1. The summed E-state index contributed by atoms with van der Waals surface area (Å²) < 4.78 is 6.83. The minimum atomic E-state index is -0.435. The molecule has 1 unspecified atom stereocenters. The quantitative estimate of drug-likeness (QED) is 0.789. The van der Waals surface area contributed by atoms with E-state index in [4.69, 9.17) is 9.68 Å². The second kappa shape index (κ2) is 5.61. The van der Waals surface area contributed by atoms with Crippen LogP contribution in [0.3, 0.4) is 0 Å². The predicted octanol–water partition coefficient (Wildman–Crippen LogP) is 1.99. The van der Waals surface area contributed by atoms with Gasteiger partial charge in [0.1, 0.15) is 17.5 Å². The topological polar surface area (TPSA) is 87.9 Å². The zero-order valence-corrected chi connectivity index (χ0v) is 11.0. The highest BCUT2D eigenvalue weighted by molar-refractivity contribution is 5.66. The predicted molar refractivity (Wildman–Crippen MR) is 74.1 cm³/mol. The third kappa shape index (κ3) is 2.42. The minimum absolute atomic E-state index is 0.157. The highest BCUT2D eigenvalue weighted by Crippen LogP contribution is 2.23. The summed E-state index contributed by atoms with van der Waals surface area (Å²) in [5.74, 6) is 0.600. The van der Waals surface area contributed by atoms with Gasteiger partial charge in [-0.3, -0.25) is 0 Å². The Morgan fingerprint density at radius 1 is 1.29 bits per heavy atom. The van der Waals surface area contributed by atoms with E-state index < -0.39 is 6.04 Å². The van der Waals surface area contributed by atoms with Gasteiger partial charge in [0.05, 0.1) is 30.7 Å². The molecule has 1 aromatic carbocycles. The van der Waals surface area contributed by atoms with Crippen LogP contribution in [0.25, 0.3) is 11.3 Å². The summed E-state index contributed by atoms with van der Waals surface area (Å²) in [5, 5.41) is 26.8. The molecule has 0 amide bonds. The molecular weight excluding hydrogens is 268 g/mol. The summed E-state index contributed by atoms with van der Waals surface area (Å²) in [5.41, 5.74) is 1.82. The standard InChI is InChI=1S/C15H12N4O2/c16-8-11-4-1-2-5-12(11)13-9-19(18-17-13)14(10-20)15-6-3-7-21-15/h1-7,9,14,20H,10H2. The number of hydrogen-bond acceptors (Lipinski definition) is 5. The Labute approximate surface area is 120 Å². The fourth-order valence-corrected chi connectivity index (χ4v) is 2.14. The third-order valence-electron chi connectivity index (χ3n) is 3.20. The van der Waals surface area contributed by atoms with Crippen LogP contribution >= 0.6 is 0 Å². The number of furan rings is 1. The summed E-state index contributed by atoms with van der Waals surface area (Å²) in [6.45, 7) is -0.157. The van der Waals surface area contributed by atoms with E-state index in [-0.39, 0.29) is 6.61 Å². The first-order valence-corrected chi connectivity index (χ1v) is 6.39. The Morgan fingerprint density at radius 3 is 2.86 bits per heavy atom. The SMILES string of the molecule is N#Cc1ccccc1-c1cn(C(CO)c2ccco2)nn1. The average Bonchev–Trinajstić information content (AvgIpc) is 3.20. The highest BCUT2D eigenvalue weighted by Gasteiger charge is 2.18. The van der Waals surface area contributed by atoms with Gasteiger partial charge in [-0.25, -0.2) is 4.68 Å². The lowest BCUT2D eigenvalue weighted by Crippen LogP contribution is -2.14. The number of rotatable bonds is 4. The fraction of sp³-hybridized carbons (Fsp3) is 0.133. The molecule has 2 heterocycles. The van der Waals surface area contributed by atoms with Crippen molar-refractivity contribution >= 4 is 0 Å². The van der Waals surface area contributed by atoms with Gasteiger partial charge in [0.15, 0.2) is 0 Å². The van der Waals surface area contributed by atoms with Crippen molar-refractivity contribution in [3.63, 3.8) is 0 Å². The van der Waals surface area contributed by atoms with E-state index in [1.165, 1.54) is 4.68 Å². The summed E-state index contributed by atoms with van der Waals surface area (Å²) >= 11 is 0. The lowest BCUT2D eigenvalue weighted by Gasteiger charge is -2.10. The number of nitriles is 1. The van der Waals surface area contributed by atoms with E-state index in [0.717, 1.165) is 0 Å². The molecule has 3 aromatic rings. The van der Waals surface area contributed by atoms with Gasteiger partial charge in [-0.2, -0.15) is 5.26 Å². The molecule has 0 saturated carbocycles. The van der Waals surface area contributed by atoms with Gasteiger partial charge in [-0.05, 0) is 18.2 Å². The van der Waals surface area contributed by atoms with Gasteiger partial charge in [0, 0.05) is 5.56 Å². The number of aliphatic hydroxyl groups excluding tert-OH is 1. The molecule has 0 aliphatic rings. The molecule has 2 aromatic heterocycles. The normalized spacial score (nSPS) is 12.0. The molecule has 0 fully saturated rings. The van der Waals surface area contributed by atoms with Gasteiger partial charge in [0.25, 0.3) is 0 Å². The van der Waals surface area contributed by atoms with Crippen LogP contribution in [0.5, 0.6) is 0 Å². The Kier molecular flexibility index (Phi) is 3.50. The summed E-state index contributed by atoms with van der Waals surface area (Å²) in [4.78, 5) is 0. The molecular formula is C15H12N4O2. The van der Waals surface area contributed by atoms with Gasteiger partial charge in [-0.1, -0.05) is 23.4 Å². The fourth-order valence-electron chi connectivity index (χ4n) is 2.14. The lowest BCUT2D eigenvalue weighted by molar-refractivity contribution is 0.221. The first-order chi connectivity index (χ1) is 10.3. The summed E-state index contributed by atoms with van der Waals surface area (Å²) in [6, 6.07) is 12.4. The number of aliphatic hydroxyl groups is 1. The second-order valence-electron chi connectivity index (χ2n) is 4.45. The summed E-state index contributed by atoms with van der Waals surface area (Å²) in [7, 11) is 0. The smallest absolute Gasteiger partial charge is 0.134 e. The molecule has 0 radical (unpaired) electrons. The van der Waals surface area contributed by atoms with Crippen molar-refractivity contribution in [1.82, 2.24) is 15.0 Å². The van der Waals surface area contributed by atoms with Gasteiger partial charge in [-0.15, -0.1) is 5.10 Å². The van der Waals surface area contributed by atoms with Crippen molar-refractivity contribution in [2.45, 2.75) is 6.04 Å². The second-order valence-corrected chi connectivity index (χ2v) is 4.45. The van der Waals surface area contributed by atoms with Crippen molar-refractivity contribution in [2.75, 3.05) is 6.61 Å². The van der Waals surface area contributed by atoms with Gasteiger partial charge < -0.3 is 9.52 Å². The van der Waals surface area contributed by atoms with Crippen molar-refractivity contribution in [2.24, 2.45) is 0 Å². The molecule has 1 N–H and O–H groups in total. The van der Waals surface area contributed by atoms with Crippen LogP contribution in [-0.2, 0) is 0 Å². The molecule has 0 spiro atoms. The Balaban J connectivity index is 1.98. The molecule has 3 rings (SSSR count). The van der Waals surface area contributed by atoms with Crippen LogP contribution in [0.2, 0.25) is 0 Å². The van der Waals surface area contributed by atoms with E-state index in [1.54, 1.807) is 36.7 Å². The van der Waals surface area contributed by atoms with Crippen LogP contribution in [-0.4, -0.2) is 26.7 Å². The maximum Gasteiger partial charge on any atom is 0.134 e. The van der Waals surface area contributed by atoms with Gasteiger partial charge in [0.2, 0.25) is 0 Å². The van der Waals surface area contributed by atoms with Crippen molar-refractivity contribution in [3.05, 3.63) is 60.2 Å². The average molecular weight is 280 g/mol. The van der Waals surface area contributed by atoms with Crippen LogP contribution < -0.4 is 0 Å². The molecule has 21 heavy (non-hydrogen) atoms. The van der Waals surface area contributed by atoms with E-state index in [1.807, 2.05) is 12.1 Å². The maximum absolute atomic E-state index is 9.53. The Morgan fingerprint density at radius 2 is 2.14 bits per heavy atom. The van der Waals surface area contributed by atoms with E-state index in [2.05, 4.69) is 16.4 Å². The zero-order valence-electron chi connectivity index (χ0n) is 11.0. The number of aromatic nitrogens is 3. The first kappa shape index (κ1) is 13.1. The summed E-state index contributed by atoms with van der Waals surface area (Å²) in [6.07, 6.45) is 3.24. The Bertz CT molecular complexity index is 771. The molecule has 6 nitrogen and oxygen atoms in total. The molecule has 0 aliphatic carbocycles. The number of nitrogens with zero attached hydrogens (tertiary/aromatic N) is 4. The Hall–Kier alpha value is -2.91. The van der Waals surface area contributed by atoms with Crippen molar-refractivity contribution < 1.29 is 9.52 Å². The van der Waals surface area contributed by atoms with Gasteiger partial charge >= 0.3 is 0 Å². The third-order valence-corrected chi connectivity index (χ3v) is 3.20. The minimum Gasteiger partial charge on any atom is -0.467 e. The monoisotopic (exact) mass is 280 g/mol. The first-order valence-electron chi connectivity index (χ1n) is 6.39. The molecule has 104 valence electrons. The van der Waals surface area contributed by atoms with Crippen molar-refractivity contribution in [1.29, 1.82) is 5.26 Å². The van der Waals surface area contributed by atoms with Crippen LogP contribution in [0.1, 0.15) is 17.4 Å². The van der Waals surface area contributed by atoms with Crippen LogP contribution in [0.4, 0.5) is 0 Å². The molecule has 0 saturated heterocycles. The maximum atomic E-state index is 9.53. The van der Waals surface area contributed by atoms with Crippen LogP contribution in [0.15, 0.2) is 53.3 Å². The van der Waals surface area contributed by atoms with Crippen molar-refractivity contribution in [3.8, 4) is 17.3 Å². The van der Waals surface area contributed by atoms with E-state index in [9.17, 15) is 5.11 Å². The lowest BCUT2D eigenvalue weighted by atomic mass is 10.1. The largest absolute Gasteiger partial charge is 0.467 e. The zero-order chi connectivity index (χ0) is 14.7. The van der Waals surface area contributed by atoms with E-state index >= 15 is 0 Å². The highest BCUT2D eigenvalue weighted by atomic mass is 16.3. The molecule has 6 heteroatoms. The molecule has 1 atom stereocenters. The van der Waals surface area contributed by atoms with Crippen LogP contribution in [0, 0.1) is 11.3 Å². The molecule has 0 bridgehead atoms. The number of benzene rings is 1. The molecule has 0 aliphatic heterocycles.